The largest absolute Gasteiger partial charge is 0.364 e. The molecule has 0 bridgehead atoms. The number of nitrogens with one attached hydrogen (secondary N) is 1. The summed E-state index contributed by atoms with van der Waals surface area (Å²) in [6.07, 6.45) is 0. The maximum atomic E-state index is 11.9. The van der Waals surface area contributed by atoms with Crippen LogP contribution in [0.4, 0.5) is 0 Å². The highest BCUT2D eigenvalue weighted by Gasteiger charge is 2.20. The highest BCUT2D eigenvalue weighted by molar-refractivity contribution is 6.33. The first-order valence-electron chi connectivity index (χ1n) is 7.23. The Bertz CT molecular complexity index is 1130. The number of rotatable bonds is 2. The van der Waals surface area contributed by atoms with Crippen LogP contribution in [0.15, 0.2) is 53.3 Å². The van der Waals surface area contributed by atoms with Crippen molar-refractivity contribution in [3.63, 3.8) is 0 Å². The van der Waals surface area contributed by atoms with Crippen molar-refractivity contribution in [2.45, 2.75) is 0 Å². The minimum Gasteiger partial charge on any atom is -0.244 e. The summed E-state index contributed by atoms with van der Waals surface area (Å²) >= 11 is 18.4. The number of hydrogen-bond acceptors (Lipinski definition) is 3. The fourth-order valence-electron chi connectivity index (χ4n) is 2.67. The van der Waals surface area contributed by atoms with Crippen LogP contribution in [0.25, 0.3) is 27.9 Å². The summed E-state index contributed by atoms with van der Waals surface area (Å²) in [5.74, 6) is 0. The standard InChI is InChI=1S/C17H9Cl3N4O/c18-11-5-1-9(2-6-11)13-14(10-3-7-12(19)8-4-10)16-21-22-17(25)24(16)23-15(13)20/h1-8H,(H,22,25). The summed E-state index contributed by atoms with van der Waals surface area (Å²) in [6.45, 7) is 0. The van der Waals surface area contributed by atoms with E-state index in [-0.39, 0.29) is 5.15 Å². The summed E-state index contributed by atoms with van der Waals surface area (Å²) in [7, 11) is 0. The third kappa shape index (κ3) is 2.80. The molecule has 0 radical (unpaired) electrons. The van der Waals surface area contributed by atoms with Crippen LogP contribution in [0.3, 0.4) is 0 Å². The Balaban J connectivity index is 2.12. The molecular weight excluding hydrogens is 383 g/mol. The molecule has 0 amide bonds. The fourth-order valence-corrected chi connectivity index (χ4v) is 3.20. The van der Waals surface area contributed by atoms with Crippen LogP contribution in [0.5, 0.6) is 0 Å². The Morgan fingerprint density at radius 1 is 0.800 bits per heavy atom. The van der Waals surface area contributed by atoms with E-state index >= 15 is 0 Å². The Kier molecular flexibility index (Phi) is 4.00. The van der Waals surface area contributed by atoms with Gasteiger partial charge in [-0.25, -0.2) is 9.89 Å². The lowest BCUT2D eigenvalue weighted by atomic mass is 9.97. The van der Waals surface area contributed by atoms with Crippen molar-refractivity contribution in [3.05, 3.63) is 74.2 Å². The van der Waals surface area contributed by atoms with E-state index in [4.69, 9.17) is 34.8 Å². The maximum Gasteiger partial charge on any atom is 0.364 e. The van der Waals surface area contributed by atoms with Gasteiger partial charge < -0.3 is 0 Å². The fraction of sp³-hybridized carbons (Fsp3) is 0. The van der Waals surface area contributed by atoms with Crippen molar-refractivity contribution in [2.75, 3.05) is 0 Å². The van der Waals surface area contributed by atoms with Crippen molar-refractivity contribution in [2.24, 2.45) is 0 Å². The molecule has 0 spiro atoms. The summed E-state index contributed by atoms with van der Waals surface area (Å²) < 4.78 is 1.14. The lowest BCUT2D eigenvalue weighted by molar-refractivity contribution is 0.882. The minimum atomic E-state index is -0.463. The number of benzene rings is 2. The highest BCUT2D eigenvalue weighted by Crippen LogP contribution is 2.38. The molecule has 0 aliphatic heterocycles. The van der Waals surface area contributed by atoms with E-state index < -0.39 is 5.69 Å². The topological polar surface area (TPSA) is 63.0 Å². The van der Waals surface area contributed by atoms with Gasteiger partial charge in [0.1, 0.15) is 0 Å². The van der Waals surface area contributed by atoms with Gasteiger partial charge in [-0.1, -0.05) is 59.1 Å². The Morgan fingerprint density at radius 3 is 1.88 bits per heavy atom. The van der Waals surface area contributed by atoms with Crippen molar-refractivity contribution in [3.8, 4) is 22.3 Å². The molecule has 0 fully saturated rings. The van der Waals surface area contributed by atoms with E-state index in [2.05, 4.69) is 15.3 Å². The number of H-pyrrole nitrogens is 1. The van der Waals surface area contributed by atoms with Crippen LogP contribution < -0.4 is 5.69 Å². The number of halogens is 3. The second-order valence-corrected chi connectivity index (χ2v) is 6.55. The van der Waals surface area contributed by atoms with Gasteiger partial charge in [0.05, 0.1) is 0 Å². The van der Waals surface area contributed by atoms with Gasteiger partial charge in [-0.2, -0.15) is 9.61 Å². The summed E-state index contributed by atoms with van der Waals surface area (Å²) in [6, 6.07) is 14.4. The van der Waals surface area contributed by atoms with Gasteiger partial charge in [-0.3, -0.25) is 0 Å². The van der Waals surface area contributed by atoms with Gasteiger partial charge in [0.2, 0.25) is 0 Å². The number of hydrogen-bond donors (Lipinski definition) is 1. The van der Waals surface area contributed by atoms with Crippen LogP contribution in [0, 0.1) is 0 Å². The quantitative estimate of drug-likeness (QED) is 0.538. The van der Waals surface area contributed by atoms with Crippen LogP contribution in [0.2, 0.25) is 15.2 Å². The van der Waals surface area contributed by atoms with Gasteiger partial charge in [0, 0.05) is 21.2 Å². The molecule has 0 saturated carbocycles. The highest BCUT2D eigenvalue weighted by atomic mass is 35.5. The summed E-state index contributed by atoms with van der Waals surface area (Å²) in [5, 5.41) is 12.1. The van der Waals surface area contributed by atoms with Crippen molar-refractivity contribution in [1.82, 2.24) is 19.8 Å². The average Bonchev–Trinajstić information content (AvgIpc) is 2.96. The van der Waals surface area contributed by atoms with Crippen LogP contribution in [-0.4, -0.2) is 19.8 Å². The lowest BCUT2D eigenvalue weighted by Crippen LogP contribution is -2.13. The first kappa shape index (κ1) is 16.1. The zero-order chi connectivity index (χ0) is 17.6. The average molecular weight is 392 g/mol. The second kappa shape index (κ2) is 6.19. The third-order valence-electron chi connectivity index (χ3n) is 3.78. The van der Waals surface area contributed by atoms with Crippen LogP contribution in [0.1, 0.15) is 0 Å². The lowest BCUT2D eigenvalue weighted by Gasteiger charge is -2.12. The van der Waals surface area contributed by atoms with E-state index in [1.54, 1.807) is 24.3 Å². The molecule has 4 rings (SSSR count). The van der Waals surface area contributed by atoms with Gasteiger partial charge >= 0.3 is 5.69 Å². The molecule has 2 aromatic carbocycles. The number of nitrogens with zero attached hydrogens (tertiary/aromatic N) is 3. The van der Waals surface area contributed by atoms with Crippen molar-refractivity contribution in [1.29, 1.82) is 0 Å². The van der Waals surface area contributed by atoms with Gasteiger partial charge in [0.25, 0.3) is 0 Å². The first-order chi connectivity index (χ1) is 12.0. The van der Waals surface area contributed by atoms with E-state index in [1.807, 2.05) is 24.3 Å². The summed E-state index contributed by atoms with van der Waals surface area (Å²) in [5.41, 5.74) is 2.87. The molecule has 2 aromatic heterocycles. The molecule has 25 heavy (non-hydrogen) atoms. The van der Waals surface area contributed by atoms with E-state index in [1.165, 1.54) is 0 Å². The van der Waals surface area contributed by atoms with Gasteiger partial charge in [0.15, 0.2) is 10.8 Å². The van der Waals surface area contributed by atoms with Crippen LogP contribution in [-0.2, 0) is 0 Å². The molecule has 2 heterocycles. The predicted molar refractivity (Wildman–Crippen MR) is 99.5 cm³/mol. The zero-order valence-corrected chi connectivity index (χ0v) is 14.8. The molecule has 0 aliphatic carbocycles. The molecule has 0 aliphatic rings. The molecule has 124 valence electrons. The van der Waals surface area contributed by atoms with Gasteiger partial charge in [-0.05, 0) is 35.4 Å². The number of aromatic amines is 1. The SMILES string of the molecule is O=c1[nH]nc2c(-c3ccc(Cl)cc3)c(-c3ccc(Cl)cc3)c(Cl)nn12. The minimum absolute atomic E-state index is 0.184. The summed E-state index contributed by atoms with van der Waals surface area (Å²) in [4.78, 5) is 11.9. The number of fused-ring (bicyclic) bond motifs is 1. The normalized spacial score (nSPS) is 11.2. The molecule has 0 atom stereocenters. The third-order valence-corrected chi connectivity index (χ3v) is 4.55. The van der Waals surface area contributed by atoms with E-state index in [0.29, 0.717) is 26.8 Å². The second-order valence-electron chi connectivity index (χ2n) is 5.32. The predicted octanol–water partition coefficient (Wildman–Crippen LogP) is 4.71. The van der Waals surface area contributed by atoms with Crippen LogP contribution >= 0.6 is 34.8 Å². The molecule has 0 unspecified atom stereocenters. The monoisotopic (exact) mass is 390 g/mol. The molecular formula is C17H9Cl3N4O. The molecule has 8 heteroatoms. The molecule has 5 nitrogen and oxygen atoms in total. The van der Waals surface area contributed by atoms with E-state index in [9.17, 15) is 4.79 Å². The molecule has 4 aromatic rings. The Morgan fingerprint density at radius 2 is 1.32 bits per heavy atom. The maximum absolute atomic E-state index is 11.9. The Hall–Kier alpha value is -2.34. The zero-order valence-electron chi connectivity index (χ0n) is 12.5. The Labute approximate surface area is 156 Å². The van der Waals surface area contributed by atoms with Crippen molar-refractivity contribution >= 4 is 40.4 Å². The number of aromatic nitrogens is 4. The van der Waals surface area contributed by atoms with Gasteiger partial charge in [-0.15, -0.1) is 5.10 Å². The molecule has 0 saturated heterocycles. The first-order valence-corrected chi connectivity index (χ1v) is 8.37. The molecule has 1 N–H and O–H groups in total. The smallest absolute Gasteiger partial charge is 0.244 e. The van der Waals surface area contributed by atoms with E-state index in [0.717, 1.165) is 15.6 Å². The van der Waals surface area contributed by atoms with Crippen molar-refractivity contribution < 1.29 is 0 Å².